The molecular weight excluding hydrogens is 402 g/mol. The van der Waals surface area contributed by atoms with Crippen LogP contribution < -0.4 is 5.32 Å². The number of rotatable bonds is 5. The lowest BCUT2D eigenvalue weighted by Crippen LogP contribution is -2.47. The zero-order valence-corrected chi connectivity index (χ0v) is 18.1. The first-order chi connectivity index (χ1) is 14.4. The SMILES string of the molecule is CN1CCN(S(=O)(=O)c2cccc(C(=O)Nc3ccnn3C3CCCCC3)c2)CC1. The van der Waals surface area contributed by atoms with Gasteiger partial charge in [-0.2, -0.15) is 9.40 Å². The van der Waals surface area contributed by atoms with Crippen LogP contribution in [0.5, 0.6) is 0 Å². The lowest BCUT2D eigenvalue weighted by atomic mass is 9.96. The molecule has 1 aromatic carbocycles. The molecule has 0 radical (unpaired) electrons. The van der Waals surface area contributed by atoms with Crippen LogP contribution in [0.3, 0.4) is 0 Å². The number of hydrogen-bond acceptors (Lipinski definition) is 5. The van der Waals surface area contributed by atoms with Crippen molar-refractivity contribution in [1.82, 2.24) is 19.0 Å². The quantitative estimate of drug-likeness (QED) is 0.786. The maximum absolute atomic E-state index is 13.0. The second-order valence-corrected chi connectivity index (χ2v) is 10.1. The molecule has 162 valence electrons. The van der Waals surface area contributed by atoms with Crippen LogP contribution in [-0.2, 0) is 10.0 Å². The zero-order valence-electron chi connectivity index (χ0n) is 17.3. The highest BCUT2D eigenvalue weighted by molar-refractivity contribution is 7.89. The lowest BCUT2D eigenvalue weighted by Gasteiger charge is -2.31. The predicted octanol–water partition coefficient (Wildman–Crippen LogP) is 2.58. The van der Waals surface area contributed by atoms with E-state index in [1.165, 1.54) is 29.6 Å². The van der Waals surface area contributed by atoms with Crippen molar-refractivity contribution >= 4 is 21.7 Å². The molecule has 4 rings (SSSR count). The summed E-state index contributed by atoms with van der Waals surface area (Å²) in [5.41, 5.74) is 0.321. The van der Waals surface area contributed by atoms with E-state index in [9.17, 15) is 13.2 Å². The number of amides is 1. The van der Waals surface area contributed by atoms with Crippen LogP contribution in [0.25, 0.3) is 0 Å². The van der Waals surface area contributed by atoms with E-state index in [4.69, 9.17) is 0 Å². The van der Waals surface area contributed by atoms with Gasteiger partial charge in [0, 0.05) is 37.8 Å². The third-order valence-corrected chi connectivity index (χ3v) is 7.92. The Balaban J connectivity index is 1.50. The maximum Gasteiger partial charge on any atom is 0.256 e. The molecule has 30 heavy (non-hydrogen) atoms. The normalized spacial score (nSPS) is 19.6. The molecule has 0 unspecified atom stereocenters. The standard InChI is InChI=1S/C21H29N5O3S/c1-24-12-14-25(15-13-24)30(28,29)19-9-5-6-17(16-19)21(27)23-20-10-11-22-26(20)18-7-3-2-4-8-18/h5-6,9-11,16,18H,2-4,7-8,12-15H2,1H3,(H,23,27). The highest BCUT2D eigenvalue weighted by atomic mass is 32.2. The van der Waals surface area contributed by atoms with Gasteiger partial charge in [0.05, 0.1) is 17.1 Å². The number of carbonyl (C=O) groups excluding carboxylic acids is 1. The van der Waals surface area contributed by atoms with Crippen LogP contribution in [-0.4, -0.2) is 66.5 Å². The van der Waals surface area contributed by atoms with Gasteiger partial charge in [0.1, 0.15) is 5.82 Å². The van der Waals surface area contributed by atoms with Gasteiger partial charge in [0.15, 0.2) is 0 Å². The van der Waals surface area contributed by atoms with Crippen molar-refractivity contribution in [3.8, 4) is 0 Å². The Morgan fingerprint density at radius 3 is 2.53 bits per heavy atom. The first-order valence-electron chi connectivity index (χ1n) is 10.6. The Morgan fingerprint density at radius 2 is 1.80 bits per heavy atom. The molecule has 1 aliphatic carbocycles. The van der Waals surface area contributed by atoms with Crippen molar-refractivity contribution < 1.29 is 13.2 Å². The molecule has 1 aromatic heterocycles. The summed E-state index contributed by atoms with van der Waals surface area (Å²) in [4.78, 5) is 15.1. The molecule has 0 atom stereocenters. The second kappa shape index (κ2) is 8.87. The van der Waals surface area contributed by atoms with E-state index in [1.807, 2.05) is 11.7 Å². The van der Waals surface area contributed by atoms with Gasteiger partial charge in [-0.25, -0.2) is 13.1 Å². The molecule has 0 spiro atoms. The molecule has 1 amide bonds. The molecule has 1 saturated heterocycles. The van der Waals surface area contributed by atoms with E-state index >= 15 is 0 Å². The molecule has 0 bridgehead atoms. The summed E-state index contributed by atoms with van der Waals surface area (Å²) in [6, 6.07) is 8.36. The predicted molar refractivity (Wildman–Crippen MR) is 115 cm³/mol. The van der Waals surface area contributed by atoms with Crippen molar-refractivity contribution in [3.05, 3.63) is 42.1 Å². The first-order valence-corrected chi connectivity index (χ1v) is 12.0. The second-order valence-electron chi connectivity index (χ2n) is 8.14. The monoisotopic (exact) mass is 431 g/mol. The molecule has 1 saturated carbocycles. The van der Waals surface area contributed by atoms with Crippen LogP contribution >= 0.6 is 0 Å². The van der Waals surface area contributed by atoms with Crippen molar-refractivity contribution in [2.75, 3.05) is 38.5 Å². The van der Waals surface area contributed by atoms with Crippen LogP contribution in [0, 0.1) is 0 Å². The molecule has 2 aliphatic rings. The topological polar surface area (TPSA) is 87.5 Å². The Morgan fingerprint density at radius 1 is 1.07 bits per heavy atom. The summed E-state index contributed by atoms with van der Waals surface area (Å²) in [6.45, 7) is 2.31. The first kappa shape index (κ1) is 21.0. The van der Waals surface area contributed by atoms with Gasteiger partial charge in [0.25, 0.3) is 5.91 Å². The third-order valence-electron chi connectivity index (χ3n) is 6.03. The van der Waals surface area contributed by atoms with E-state index in [0.717, 1.165) is 12.8 Å². The average molecular weight is 432 g/mol. The summed E-state index contributed by atoms with van der Waals surface area (Å²) >= 11 is 0. The van der Waals surface area contributed by atoms with Gasteiger partial charge in [-0.15, -0.1) is 0 Å². The molecule has 9 heteroatoms. The van der Waals surface area contributed by atoms with E-state index < -0.39 is 10.0 Å². The van der Waals surface area contributed by atoms with Gasteiger partial charge in [-0.1, -0.05) is 25.3 Å². The Labute approximate surface area is 177 Å². The average Bonchev–Trinajstić information content (AvgIpc) is 3.23. The fraction of sp³-hybridized carbons (Fsp3) is 0.524. The number of sulfonamides is 1. The molecule has 2 aromatic rings. The molecular formula is C21H29N5O3S. The molecule has 8 nitrogen and oxygen atoms in total. The third kappa shape index (κ3) is 4.43. The fourth-order valence-electron chi connectivity index (χ4n) is 4.19. The zero-order chi connectivity index (χ0) is 21.1. The minimum atomic E-state index is -3.62. The number of anilines is 1. The summed E-state index contributed by atoms with van der Waals surface area (Å²) in [6.07, 6.45) is 7.40. The van der Waals surface area contributed by atoms with Crippen LogP contribution in [0.2, 0.25) is 0 Å². The summed E-state index contributed by atoms with van der Waals surface area (Å²) in [5.74, 6) is 0.321. The minimum absolute atomic E-state index is 0.153. The molecule has 2 heterocycles. The summed E-state index contributed by atoms with van der Waals surface area (Å²) in [5, 5.41) is 7.32. The maximum atomic E-state index is 13.0. The van der Waals surface area contributed by atoms with Crippen molar-refractivity contribution in [1.29, 1.82) is 0 Å². The largest absolute Gasteiger partial charge is 0.307 e. The highest BCUT2D eigenvalue weighted by Crippen LogP contribution is 2.30. The number of piperazine rings is 1. The fourth-order valence-corrected chi connectivity index (χ4v) is 5.66. The van der Waals surface area contributed by atoms with Crippen LogP contribution in [0.1, 0.15) is 48.5 Å². The van der Waals surface area contributed by atoms with E-state index in [0.29, 0.717) is 43.6 Å². The van der Waals surface area contributed by atoms with Gasteiger partial charge >= 0.3 is 0 Å². The number of nitrogens with one attached hydrogen (secondary N) is 1. The van der Waals surface area contributed by atoms with Gasteiger partial charge in [-0.05, 0) is 38.1 Å². The highest BCUT2D eigenvalue weighted by Gasteiger charge is 2.28. The van der Waals surface area contributed by atoms with Crippen molar-refractivity contribution in [2.24, 2.45) is 0 Å². The Kier molecular flexibility index (Phi) is 6.21. The van der Waals surface area contributed by atoms with Gasteiger partial charge in [0.2, 0.25) is 10.0 Å². The molecule has 1 aliphatic heterocycles. The molecule has 1 N–H and O–H groups in total. The number of hydrogen-bond donors (Lipinski definition) is 1. The summed E-state index contributed by atoms with van der Waals surface area (Å²) < 4.78 is 29.4. The number of likely N-dealkylation sites (N-methyl/N-ethyl adjacent to an activating group) is 1. The number of nitrogens with zero attached hydrogens (tertiary/aromatic N) is 4. The Bertz CT molecular complexity index is 990. The van der Waals surface area contributed by atoms with Crippen molar-refractivity contribution in [2.45, 2.75) is 43.0 Å². The van der Waals surface area contributed by atoms with Gasteiger partial charge < -0.3 is 10.2 Å². The van der Waals surface area contributed by atoms with E-state index in [1.54, 1.807) is 30.5 Å². The summed E-state index contributed by atoms with van der Waals surface area (Å²) in [7, 11) is -1.64. The van der Waals surface area contributed by atoms with Gasteiger partial charge in [-0.3, -0.25) is 4.79 Å². The van der Waals surface area contributed by atoms with E-state index in [2.05, 4.69) is 15.3 Å². The number of carbonyl (C=O) groups is 1. The number of aromatic nitrogens is 2. The van der Waals surface area contributed by atoms with E-state index in [-0.39, 0.29) is 10.8 Å². The van der Waals surface area contributed by atoms with Crippen LogP contribution in [0.15, 0.2) is 41.4 Å². The molecule has 2 fully saturated rings. The van der Waals surface area contributed by atoms with Crippen LogP contribution in [0.4, 0.5) is 5.82 Å². The minimum Gasteiger partial charge on any atom is -0.307 e. The smallest absolute Gasteiger partial charge is 0.256 e. The lowest BCUT2D eigenvalue weighted by molar-refractivity contribution is 0.102. The van der Waals surface area contributed by atoms with Crippen molar-refractivity contribution in [3.63, 3.8) is 0 Å². The Hall–Kier alpha value is -2.23. The number of benzene rings is 1.